The lowest BCUT2D eigenvalue weighted by Gasteiger charge is -2.13. The molecule has 18 heavy (non-hydrogen) atoms. The summed E-state index contributed by atoms with van der Waals surface area (Å²) in [5, 5.41) is 0.797. The number of rotatable bonds is 8. The van der Waals surface area contributed by atoms with Crippen LogP contribution in [-0.2, 0) is 15.9 Å². The molecule has 1 rings (SSSR count). The monoisotopic (exact) mass is 271 g/mol. The van der Waals surface area contributed by atoms with Gasteiger partial charge in [0.25, 0.3) is 0 Å². The Bertz CT molecular complexity index is 358. The van der Waals surface area contributed by atoms with Crippen LogP contribution in [0.2, 0.25) is 5.02 Å². The predicted molar refractivity (Wildman–Crippen MR) is 75.2 cm³/mol. The third kappa shape index (κ3) is 5.83. The van der Waals surface area contributed by atoms with Crippen LogP contribution in [0.25, 0.3) is 0 Å². The minimum Gasteiger partial charge on any atom is -0.382 e. The number of benzene rings is 1. The van der Waals surface area contributed by atoms with Gasteiger partial charge in [0.15, 0.2) is 0 Å². The third-order valence-electron chi connectivity index (χ3n) is 2.76. The van der Waals surface area contributed by atoms with E-state index in [0.717, 1.165) is 23.4 Å². The van der Waals surface area contributed by atoms with Crippen molar-refractivity contribution in [3.63, 3.8) is 0 Å². The van der Waals surface area contributed by atoms with E-state index in [4.69, 9.17) is 26.8 Å². The molecule has 1 atom stereocenters. The van der Waals surface area contributed by atoms with Crippen molar-refractivity contribution < 1.29 is 9.47 Å². The first-order valence-electron chi connectivity index (χ1n) is 6.20. The fourth-order valence-electron chi connectivity index (χ4n) is 1.68. The van der Waals surface area contributed by atoms with E-state index < -0.39 is 0 Å². The molecule has 1 aromatic rings. The maximum Gasteiger partial charge on any atom is 0.0700 e. The van der Waals surface area contributed by atoms with Crippen molar-refractivity contribution in [1.29, 1.82) is 0 Å². The molecule has 0 spiro atoms. The van der Waals surface area contributed by atoms with E-state index in [1.165, 1.54) is 5.56 Å². The van der Waals surface area contributed by atoms with E-state index >= 15 is 0 Å². The Labute approximate surface area is 114 Å². The molecule has 102 valence electrons. The summed E-state index contributed by atoms with van der Waals surface area (Å²) in [7, 11) is 1.66. The first-order valence-corrected chi connectivity index (χ1v) is 6.58. The summed E-state index contributed by atoms with van der Waals surface area (Å²) >= 11 is 6.17. The average molecular weight is 272 g/mol. The van der Waals surface area contributed by atoms with Gasteiger partial charge in [-0.25, -0.2) is 0 Å². The zero-order chi connectivity index (χ0) is 13.4. The quantitative estimate of drug-likeness (QED) is 0.739. The third-order valence-corrected chi connectivity index (χ3v) is 3.11. The highest BCUT2D eigenvalue weighted by Gasteiger charge is 2.07. The van der Waals surface area contributed by atoms with Crippen LogP contribution in [0.15, 0.2) is 18.2 Å². The Morgan fingerprint density at radius 1 is 1.28 bits per heavy atom. The lowest BCUT2D eigenvalue weighted by molar-refractivity contribution is 0.0672. The molecule has 1 aromatic carbocycles. The van der Waals surface area contributed by atoms with Gasteiger partial charge >= 0.3 is 0 Å². The van der Waals surface area contributed by atoms with Crippen LogP contribution in [0.4, 0.5) is 0 Å². The highest BCUT2D eigenvalue weighted by molar-refractivity contribution is 6.31. The second-order valence-corrected chi connectivity index (χ2v) is 4.86. The van der Waals surface area contributed by atoms with Crippen molar-refractivity contribution in [3.8, 4) is 0 Å². The van der Waals surface area contributed by atoms with Gasteiger partial charge in [0.05, 0.1) is 13.2 Å². The molecule has 0 amide bonds. The van der Waals surface area contributed by atoms with Gasteiger partial charge in [-0.2, -0.15) is 0 Å². The van der Waals surface area contributed by atoms with Crippen LogP contribution in [0.5, 0.6) is 0 Å². The first-order chi connectivity index (χ1) is 8.63. The Hall–Kier alpha value is -0.610. The number of nitrogens with two attached hydrogens (primary N) is 1. The van der Waals surface area contributed by atoms with E-state index in [-0.39, 0.29) is 6.04 Å². The van der Waals surface area contributed by atoms with Gasteiger partial charge in [-0.3, -0.25) is 0 Å². The first kappa shape index (κ1) is 15.4. The van der Waals surface area contributed by atoms with Crippen LogP contribution in [0.1, 0.15) is 17.5 Å². The summed E-state index contributed by atoms with van der Waals surface area (Å²) in [6.07, 6.45) is 1.61. The summed E-state index contributed by atoms with van der Waals surface area (Å²) in [5.41, 5.74) is 8.33. The number of ether oxygens (including phenoxy) is 2. The van der Waals surface area contributed by atoms with Crippen molar-refractivity contribution in [3.05, 3.63) is 34.3 Å². The van der Waals surface area contributed by atoms with E-state index in [2.05, 4.69) is 6.07 Å². The summed E-state index contributed by atoms with van der Waals surface area (Å²) in [6.45, 7) is 3.93. The lowest BCUT2D eigenvalue weighted by Crippen LogP contribution is -2.25. The van der Waals surface area contributed by atoms with Gasteiger partial charge in [-0.05, 0) is 37.0 Å². The van der Waals surface area contributed by atoms with Crippen molar-refractivity contribution in [2.45, 2.75) is 25.8 Å². The van der Waals surface area contributed by atoms with Gasteiger partial charge in [0.2, 0.25) is 0 Å². The molecule has 0 saturated carbocycles. The normalized spacial score (nSPS) is 12.7. The second kappa shape index (κ2) is 8.48. The largest absolute Gasteiger partial charge is 0.382 e. The van der Waals surface area contributed by atoms with Crippen LogP contribution < -0.4 is 5.73 Å². The Morgan fingerprint density at radius 3 is 2.72 bits per heavy atom. The molecule has 3 nitrogen and oxygen atoms in total. The smallest absolute Gasteiger partial charge is 0.0700 e. The number of aryl methyl sites for hydroxylation is 1. The van der Waals surface area contributed by atoms with Crippen LogP contribution in [0.3, 0.4) is 0 Å². The molecule has 0 fully saturated rings. The van der Waals surface area contributed by atoms with Gasteiger partial charge < -0.3 is 15.2 Å². The summed E-state index contributed by atoms with van der Waals surface area (Å²) in [6, 6.07) is 6.15. The number of hydrogen-bond acceptors (Lipinski definition) is 3. The van der Waals surface area contributed by atoms with Crippen molar-refractivity contribution in [2.75, 3.05) is 26.9 Å². The van der Waals surface area contributed by atoms with Crippen LogP contribution in [0, 0.1) is 6.92 Å². The molecular weight excluding hydrogens is 250 g/mol. The Kier molecular flexibility index (Phi) is 7.28. The van der Waals surface area contributed by atoms with E-state index in [1.54, 1.807) is 7.11 Å². The molecule has 0 bridgehead atoms. The van der Waals surface area contributed by atoms with Gasteiger partial charge in [0.1, 0.15) is 0 Å². The molecule has 4 heteroatoms. The molecule has 0 aliphatic heterocycles. The molecule has 1 unspecified atom stereocenters. The highest BCUT2D eigenvalue weighted by Crippen LogP contribution is 2.19. The standard InChI is InChI=1S/C14H22ClNO2/c1-11-3-4-12(14(15)9-11)10-13(16)5-6-18-8-7-17-2/h3-4,9,13H,5-8,10,16H2,1-2H3. The second-order valence-electron chi connectivity index (χ2n) is 4.45. The maximum absolute atomic E-state index is 6.17. The van der Waals surface area contributed by atoms with Crippen LogP contribution in [-0.4, -0.2) is 33.0 Å². The highest BCUT2D eigenvalue weighted by atomic mass is 35.5. The van der Waals surface area contributed by atoms with Crippen molar-refractivity contribution in [2.24, 2.45) is 5.73 Å². The molecule has 0 heterocycles. The Balaban J connectivity index is 2.28. The van der Waals surface area contributed by atoms with Crippen molar-refractivity contribution in [1.82, 2.24) is 0 Å². The van der Waals surface area contributed by atoms with Crippen molar-refractivity contribution >= 4 is 11.6 Å². The van der Waals surface area contributed by atoms with Crippen LogP contribution >= 0.6 is 11.6 Å². The molecular formula is C14H22ClNO2. The molecule has 0 saturated heterocycles. The fourth-order valence-corrected chi connectivity index (χ4v) is 1.99. The zero-order valence-corrected chi connectivity index (χ0v) is 11.9. The minimum absolute atomic E-state index is 0.0766. The predicted octanol–water partition coefficient (Wildman–Crippen LogP) is 2.57. The van der Waals surface area contributed by atoms with E-state index in [9.17, 15) is 0 Å². The topological polar surface area (TPSA) is 44.5 Å². The average Bonchev–Trinajstić information content (AvgIpc) is 2.32. The molecule has 0 aromatic heterocycles. The van der Waals surface area contributed by atoms with Gasteiger partial charge in [-0.1, -0.05) is 23.7 Å². The molecule has 0 radical (unpaired) electrons. The van der Waals surface area contributed by atoms with Gasteiger partial charge in [-0.15, -0.1) is 0 Å². The van der Waals surface area contributed by atoms with Gasteiger partial charge in [0, 0.05) is 24.8 Å². The summed E-state index contributed by atoms with van der Waals surface area (Å²) in [5.74, 6) is 0. The molecule has 0 aliphatic rings. The lowest BCUT2D eigenvalue weighted by atomic mass is 10.0. The van der Waals surface area contributed by atoms with E-state index in [1.807, 2.05) is 19.1 Å². The molecule has 0 aliphatic carbocycles. The zero-order valence-electron chi connectivity index (χ0n) is 11.1. The SMILES string of the molecule is COCCOCCC(N)Cc1ccc(C)cc1Cl. The summed E-state index contributed by atoms with van der Waals surface area (Å²) in [4.78, 5) is 0. The number of methoxy groups -OCH3 is 1. The van der Waals surface area contributed by atoms with E-state index in [0.29, 0.717) is 19.8 Å². The number of hydrogen-bond donors (Lipinski definition) is 1. The summed E-state index contributed by atoms with van der Waals surface area (Å²) < 4.78 is 10.3. The maximum atomic E-state index is 6.17. The fraction of sp³-hybridized carbons (Fsp3) is 0.571. The minimum atomic E-state index is 0.0766. The Morgan fingerprint density at radius 2 is 2.06 bits per heavy atom. The number of halogens is 1. The molecule has 2 N–H and O–H groups in total.